The van der Waals surface area contributed by atoms with Gasteiger partial charge in [-0.3, -0.25) is 0 Å². The molecule has 0 saturated carbocycles. The molecule has 2 nitrogen and oxygen atoms in total. The molecule has 1 aliphatic heterocycles. The van der Waals surface area contributed by atoms with E-state index in [1.54, 1.807) is 6.61 Å². The molecule has 3 heteroatoms. The van der Waals surface area contributed by atoms with Gasteiger partial charge in [-0.2, -0.15) is 5.57 Å². The SMILES string of the molecule is C=C1[CH-]OC(C)(C)OC1.[Li+]. The standard InChI is InChI=1S/C7H11O2.Li/c1-6-4-8-7(2,3)9-5-6;/h4H,1,5H2,2-3H3;/q-1;+1. The Morgan fingerprint density at radius 1 is 1.60 bits per heavy atom. The Balaban J connectivity index is 0.000000810. The van der Waals surface area contributed by atoms with E-state index in [0.717, 1.165) is 5.57 Å². The van der Waals surface area contributed by atoms with Crippen molar-refractivity contribution in [3.63, 3.8) is 0 Å². The molecule has 0 aromatic heterocycles. The largest absolute Gasteiger partial charge is 1.00 e. The topological polar surface area (TPSA) is 18.5 Å². The number of hydrogen-bond acceptors (Lipinski definition) is 2. The van der Waals surface area contributed by atoms with E-state index in [1.807, 2.05) is 13.8 Å². The van der Waals surface area contributed by atoms with Crippen LogP contribution in [0.15, 0.2) is 12.2 Å². The van der Waals surface area contributed by atoms with E-state index in [1.165, 1.54) is 0 Å². The maximum atomic E-state index is 5.22. The quantitative estimate of drug-likeness (QED) is 0.296. The smallest absolute Gasteiger partial charge is 0.416 e. The van der Waals surface area contributed by atoms with Gasteiger partial charge in [0.25, 0.3) is 0 Å². The van der Waals surface area contributed by atoms with Gasteiger partial charge in [-0.15, -0.1) is 6.61 Å². The van der Waals surface area contributed by atoms with Crippen molar-refractivity contribution in [3.05, 3.63) is 18.8 Å². The maximum Gasteiger partial charge on any atom is 1.00 e. The third kappa shape index (κ3) is 2.81. The normalized spacial score (nSPS) is 22.8. The molecule has 10 heavy (non-hydrogen) atoms. The summed E-state index contributed by atoms with van der Waals surface area (Å²) in [6.07, 6.45) is 0. The summed E-state index contributed by atoms with van der Waals surface area (Å²) < 4.78 is 10.4. The van der Waals surface area contributed by atoms with Crippen molar-refractivity contribution in [2.45, 2.75) is 19.6 Å². The van der Waals surface area contributed by atoms with Crippen LogP contribution in [0.1, 0.15) is 13.8 Å². The van der Waals surface area contributed by atoms with Crippen LogP contribution in [0.5, 0.6) is 0 Å². The average molecular weight is 134 g/mol. The molecule has 1 aliphatic rings. The van der Waals surface area contributed by atoms with Crippen LogP contribution in [0.2, 0.25) is 0 Å². The molecule has 1 heterocycles. The zero-order chi connectivity index (χ0) is 6.91. The molecule has 0 amide bonds. The van der Waals surface area contributed by atoms with Gasteiger partial charge in [0.05, 0.1) is 0 Å². The second-order valence-electron chi connectivity index (χ2n) is 2.58. The molecule has 0 unspecified atom stereocenters. The Labute approximate surface area is 73.8 Å². The monoisotopic (exact) mass is 134 g/mol. The van der Waals surface area contributed by atoms with Crippen LogP contribution >= 0.6 is 0 Å². The molecule has 52 valence electrons. The Kier molecular flexibility index (Phi) is 3.54. The molecule has 1 saturated heterocycles. The zero-order valence-corrected chi connectivity index (χ0v) is 6.81. The summed E-state index contributed by atoms with van der Waals surface area (Å²) in [5.41, 5.74) is 0.884. The summed E-state index contributed by atoms with van der Waals surface area (Å²) in [7, 11) is 0. The van der Waals surface area contributed by atoms with Crippen LogP contribution in [-0.2, 0) is 9.47 Å². The minimum Gasteiger partial charge on any atom is -0.416 e. The van der Waals surface area contributed by atoms with E-state index in [0.29, 0.717) is 6.61 Å². The summed E-state index contributed by atoms with van der Waals surface area (Å²) in [5, 5.41) is 0. The minimum absolute atomic E-state index is 0. The molecular weight excluding hydrogens is 123 g/mol. The molecular formula is C7H11LiO2. The summed E-state index contributed by atoms with van der Waals surface area (Å²) in [6.45, 7) is 9.63. The first-order chi connectivity index (χ1) is 4.10. The Morgan fingerprint density at radius 2 is 2.20 bits per heavy atom. The van der Waals surface area contributed by atoms with Crippen LogP contribution in [-0.4, -0.2) is 12.4 Å². The van der Waals surface area contributed by atoms with Crippen LogP contribution in [0.25, 0.3) is 0 Å². The van der Waals surface area contributed by atoms with Crippen LogP contribution in [0, 0.1) is 6.61 Å². The molecule has 1 rings (SSSR count). The predicted octanol–water partition coefficient (Wildman–Crippen LogP) is -1.51. The molecule has 1 fully saturated rings. The first-order valence-corrected chi connectivity index (χ1v) is 2.93. The van der Waals surface area contributed by atoms with Gasteiger partial charge in [0.1, 0.15) is 0 Å². The Bertz CT molecular complexity index is 120. The third-order valence-corrected chi connectivity index (χ3v) is 1.11. The predicted molar refractivity (Wildman–Crippen MR) is 34.6 cm³/mol. The average Bonchev–Trinajstić information content (AvgIpc) is 1.78. The van der Waals surface area contributed by atoms with E-state index >= 15 is 0 Å². The molecule has 0 atom stereocenters. The van der Waals surface area contributed by atoms with Gasteiger partial charge in [0, 0.05) is 6.61 Å². The van der Waals surface area contributed by atoms with Crippen LogP contribution in [0.3, 0.4) is 0 Å². The summed E-state index contributed by atoms with van der Waals surface area (Å²) in [6, 6.07) is 0. The van der Waals surface area contributed by atoms with Gasteiger partial charge in [0.2, 0.25) is 0 Å². The Hall–Kier alpha value is 0.127. The van der Waals surface area contributed by atoms with E-state index in [2.05, 4.69) is 6.58 Å². The van der Waals surface area contributed by atoms with Crippen molar-refractivity contribution in [1.82, 2.24) is 0 Å². The minimum atomic E-state index is -0.457. The molecule has 0 radical (unpaired) electrons. The molecule has 0 bridgehead atoms. The van der Waals surface area contributed by atoms with Gasteiger partial charge in [-0.05, 0) is 13.8 Å². The first kappa shape index (κ1) is 10.1. The van der Waals surface area contributed by atoms with Gasteiger partial charge < -0.3 is 9.47 Å². The van der Waals surface area contributed by atoms with Crippen molar-refractivity contribution in [3.8, 4) is 0 Å². The van der Waals surface area contributed by atoms with Crippen LogP contribution in [0.4, 0.5) is 0 Å². The molecule has 0 N–H and O–H groups in total. The van der Waals surface area contributed by atoms with Crippen molar-refractivity contribution in [2.24, 2.45) is 0 Å². The number of hydrogen-bond donors (Lipinski definition) is 0. The van der Waals surface area contributed by atoms with E-state index in [-0.39, 0.29) is 18.9 Å². The number of ether oxygens (including phenoxy) is 2. The van der Waals surface area contributed by atoms with E-state index in [4.69, 9.17) is 9.47 Å². The third-order valence-electron chi connectivity index (χ3n) is 1.11. The van der Waals surface area contributed by atoms with Gasteiger partial charge >= 0.3 is 18.9 Å². The fourth-order valence-corrected chi connectivity index (χ4v) is 0.560. The van der Waals surface area contributed by atoms with Crippen molar-refractivity contribution >= 4 is 0 Å². The van der Waals surface area contributed by atoms with E-state index in [9.17, 15) is 0 Å². The molecule has 0 aromatic rings. The second-order valence-corrected chi connectivity index (χ2v) is 2.58. The Morgan fingerprint density at radius 3 is 2.50 bits per heavy atom. The van der Waals surface area contributed by atoms with E-state index < -0.39 is 5.79 Å². The first-order valence-electron chi connectivity index (χ1n) is 2.93. The van der Waals surface area contributed by atoms with Crippen LogP contribution < -0.4 is 18.9 Å². The fraction of sp³-hybridized carbons (Fsp3) is 0.571. The molecule has 0 aliphatic carbocycles. The van der Waals surface area contributed by atoms with Gasteiger partial charge in [0.15, 0.2) is 5.79 Å². The summed E-state index contributed by atoms with van der Waals surface area (Å²) in [4.78, 5) is 0. The van der Waals surface area contributed by atoms with Gasteiger partial charge in [-0.1, -0.05) is 0 Å². The molecule has 0 spiro atoms. The zero-order valence-electron chi connectivity index (χ0n) is 6.81. The van der Waals surface area contributed by atoms with Crippen molar-refractivity contribution in [2.75, 3.05) is 6.61 Å². The summed E-state index contributed by atoms with van der Waals surface area (Å²) in [5.74, 6) is -0.457. The summed E-state index contributed by atoms with van der Waals surface area (Å²) >= 11 is 0. The number of rotatable bonds is 0. The maximum absolute atomic E-state index is 5.22. The van der Waals surface area contributed by atoms with Crippen molar-refractivity contribution in [1.29, 1.82) is 0 Å². The molecule has 0 aromatic carbocycles. The van der Waals surface area contributed by atoms with Gasteiger partial charge in [-0.25, -0.2) is 6.58 Å². The van der Waals surface area contributed by atoms with Crippen molar-refractivity contribution < 1.29 is 28.3 Å². The fourth-order valence-electron chi connectivity index (χ4n) is 0.560. The second kappa shape index (κ2) is 3.50.